The third kappa shape index (κ3) is 2.90. The fourth-order valence-electron chi connectivity index (χ4n) is 4.46. The molecule has 2 aliphatic rings. The van der Waals surface area contributed by atoms with Gasteiger partial charge in [-0.15, -0.1) is 6.58 Å². The molecule has 8 nitrogen and oxygen atoms in total. The standard InChI is InChI=1S/C24H25N3O5/c1-5-12-26-17-9-7-6-8-16(17)24(23(26)31)19(20(28)18-11-10-15(2)32-18)21(29)22(30)27(24)14-13-25(3)4/h5-11,29H,1,12-14H2,2-4H3. The van der Waals surface area contributed by atoms with Crippen molar-refractivity contribution in [3.63, 3.8) is 0 Å². The van der Waals surface area contributed by atoms with Crippen LogP contribution in [0.3, 0.4) is 0 Å². The number of carbonyl (C=O) groups is 3. The molecule has 1 aromatic heterocycles. The van der Waals surface area contributed by atoms with Crippen LogP contribution in [0.25, 0.3) is 0 Å². The topological polar surface area (TPSA) is 94.3 Å². The van der Waals surface area contributed by atoms with Crippen LogP contribution in [-0.4, -0.2) is 66.2 Å². The van der Waals surface area contributed by atoms with Gasteiger partial charge in [-0.05, 0) is 39.2 Å². The zero-order valence-corrected chi connectivity index (χ0v) is 18.3. The Kier molecular flexibility index (Phi) is 5.26. The Morgan fingerprint density at radius 3 is 2.56 bits per heavy atom. The molecule has 2 aromatic rings. The van der Waals surface area contributed by atoms with Crippen LogP contribution in [0.4, 0.5) is 5.69 Å². The first kappa shape index (κ1) is 21.6. The largest absolute Gasteiger partial charge is 0.503 e. The van der Waals surface area contributed by atoms with E-state index in [4.69, 9.17) is 4.42 Å². The number of likely N-dealkylation sites (N-methyl/N-ethyl adjacent to an activating group) is 1. The van der Waals surface area contributed by atoms with Gasteiger partial charge < -0.3 is 24.2 Å². The van der Waals surface area contributed by atoms with Crippen LogP contribution >= 0.6 is 0 Å². The maximum absolute atomic E-state index is 14.0. The van der Waals surface area contributed by atoms with Crippen LogP contribution in [0.1, 0.15) is 21.9 Å². The third-order valence-corrected chi connectivity index (χ3v) is 5.86. The van der Waals surface area contributed by atoms with Crippen molar-refractivity contribution < 1.29 is 23.9 Å². The zero-order chi connectivity index (χ0) is 23.2. The molecule has 1 spiro atoms. The highest BCUT2D eigenvalue weighted by Crippen LogP contribution is 2.53. The summed E-state index contributed by atoms with van der Waals surface area (Å²) in [6, 6.07) is 10.1. The Morgan fingerprint density at radius 1 is 1.22 bits per heavy atom. The minimum Gasteiger partial charge on any atom is -0.503 e. The average Bonchev–Trinajstić information content (AvgIpc) is 3.36. The van der Waals surface area contributed by atoms with Crippen LogP contribution in [0.5, 0.6) is 0 Å². The molecule has 1 aromatic carbocycles. The van der Waals surface area contributed by atoms with E-state index in [9.17, 15) is 19.5 Å². The lowest BCUT2D eigenvalue weighted by Gasteiger charge is -2.36. The molecule has 32 heavy (non-hydrogen) atoms. The quantitative estimate of drug-likeness (QED) is 0.530. The lowest BCUT2D eigenvalue weighted by atomic mass is 9.81. The number of amides is 2. The number of para-hydroxylation sites is 1. The van der Waals surface area contributed by atoms with Crippen molar-refractivity contribution in [1.82, 2.24) is 9.80 Å². The number of benzene rings is 1. The van der Waals surface area contributed by atoms with Crippen molar-refractivity contribution in [3.8, 4) is 0 Å². The predicted molar refractivity (Wildman–Crippen MR) is 118 cm³/mol. The Hall–Kier alpha value is -3.65. The van der Waals surface area contributed by atoms with Crippen molar-refractivity contribution >= 4 is 23.3 Å². The molecular weight excluding hydrogens is 410 g/mol. The minimum absolute atomic E-state index is 0.0434. The Morgan fingerprint density at radius 2 is 1.94 bits per heavy atom. The molecule has 3 heterocycles. The van der Waals surface area contributed by atoms with Crippen LogP contribution in [0, 0.1) is 6.92 Å². The van der Waals surface area contributed by atoms with E-state index >= 15 is 0 Å². The summed E-state index contributed by atoms with van der Waals surface area (Å²) in [4.78, 5) is 45.5. The van der Waals surface area contributed by atoms with Crippen molar-refractivity contribution in [3.05, 3.63) is 77.5 Å². The van der Waals surface area contributed by atoms with E-state index in [1.807, 2.05) is 19.0 Å². The zero-order valence-electron chi connectivity index (χ0n) is 18.3. The van der Waals surface area contributed by atoms with Crippen LogP contribution < -0.4 is 4.90 Å². The normalized spacial score (nSPS) is 20.1. The molecule has 1 atom stereocenters. The molecule has 8 heteroatoms. The summed E-state index contributed by atoms with van der Waals surface area (Å²) >= 11 is 0. The van der Waals surface area contributed by atoms with E-state index < -0.39 is 28.9 Å². The number of nitrogens with zero attached hydrogens (tertiary/aromatic N) is 3. The van der Waals surface area contributed by atoms with Gasteiger partial charge in [0.25, 0.3) is 11.8 Å². The summed E-state index contributed by atoms with van der Waals surface area (Å²) in [5.74, 6) is -2.21. The summed E-state index contributed by atoms with van der Waals surface area (Å²) < 4.78 is 5.50. The Balaban J connectivity index is 1.99. The lowest BCUT2D eigenvalue weighted by molar-refractivity contribution is -0.139. The van der Waals surface area contributed by atoms with E-state index in [0.29, 0.717) is 23.6 Å². The van der Waals surface area contributed by atoms with Gasteiger partial charge in [0, 0.05) is 25.2 Å². The molecule has 0 fully saturated rings. The molecule has 0 saturated carbocycles. The van der Waals surface area contributed by atoms with Crippen molar-refractivity contribution in [2.75, 3.05) is 38.6 Å². The summed E-state index contributed by atoms with van der Waals surface area (Å²) in [6.07, 6.45) is 1.58. The molecule has 0 saturated heterocycles. The van der Waals surface area contributed by atoms with Gasteiger partial charge in [-0.2, -0.15) is 0 Å². The maximum Gasteiger partial charge on any atom is 0.290 e. The van der Waals surface area contributed by atoms with Crippen LogP contribution in [-0.2, 0) is 15.1 Å². The summed E-state index contributed by atoms with van der Waals surface area (Å²) in [5.41, 5.74) is -1.03. The van der Waals surface area contributed by atoms with Gasteiger partial charge in [0.1, 0.15) is 5.76 Å². The van der Waals surface area contributed by atoms with Gasteiger partial charge in [0.05, 0.1) is 11.3 Å². The number of carbonyl (C=O) groups excluding carboxylic acids is 3. The fourth-order valence-corrected chi connectivity index (χ4v) is 4.46. The first-order valence-electron chi connectivity index (χ1n) is 10.3. The number of aryl methyl sites for hydroxylation is 1. The molecule has 0 bridgehead atoms. The molecule has 0 radical (unpaired) electrons. The SMILES string of the molecule is C=CCN1C(=O)C2(C(C(=O)c3ccc(C)o3)=C(O)C(=O)N2CCN(C)C)c2ccccc21. The molecule has 2 amide bonds. The summed E-state index contributed by atoms with van der Waals surface area (Å²) in [7, 11) is 3.68. The number of fused-ring (bicyclic) bond motifs is 2. The minimum atomic E-state index is -1.78. The maximum atomic E-state index is 14.0. The number of aliphatic hydroxyl groups excluding tert-OH is 1. The number of ketones is 1. The molecule has 1 unspecified atom stereocenters. The van der Waals surface area contributed by atoms with Crippen molar-refractivity contribution in [2.45, 2.75) is 12.5 Å². The Bertz CT molecular complexity index is 1160. The smallest absolute Gasteiger partial charge is 0.290 e. The summed E-state index contributed by atoms with van der Waals surface area (Å²) in [6.45, 7) is 6.17. The van der Waals surface area contributed by atoms with Gasteiger partial charge in [-0.3, -0.25) is 14.4 Å². The highest BCUT2D eigenvalue weighted by molar-refractivity contribution is 6.25. The first-order chi connectivity index (χ1) is 15.2. The van der Waals surface area contributed by atoms with Gasteiger partial charge in [-0.1, -0.05) is 24.3 Å². The fraction of sp³-hybridized carbons (Fsp3) is 0.292. The predicted octanol–water partition coefficient (Wildman–Crippen LogP) is 2.41. The van der Waals surface area contributed by atoms with Crippen LogP contribution in [0.15, 0.2) is 64.8 Å². The second kappa shape index (κ2) is 7.80. The van der Waals surface area contributed by atoms with Gasteiger partial charge in [0.15, 0.2) is 17.1 Å². The third-order valence-electron chi connectivity index (χ3n) is 5.86. The second-order valence-corrected chi connectivity index (χ2v) is 8.16. The van der Waals surface area contributed by atoms with Crippen molar-refractivity contribution in [2.24, 2.45) is 0 Å². The van der Waals surface area contributed by atoms with Crippen molar-refractivity contribution in [1.29, 1.82) is 0 Å². The molecular formula is C24H25N3O5. The average molecular weight is 435 g/mol. The number of aliphatic hydroxyl groups is 1. The number of anilines is 1. The van der Waals surface area contributed by atoms with Gasteiger partial charge >= 0.3 is 0 Å². The number of rotatable bonds is 7. The molecule has 2 aliphatic heterocycles. The highest BCUT2D eigenvalue weighted by Gasteiger charge is 2.65. The second-order valence-electron chi connectivity index (χ2n) is 8.16. The van der Waals surface area contributed by atoms with Gasteiger partial charge in [-0.25, -0.2) is 0 Å². The van der Waals surface area contributed by atoms with E-state index in [1.54, 1.807) is 43.3 Å². The molecule has 166 valence electrons. The van der Waals surface area contributed by atoms with E-state index in [-0.39, 0.29) is 24.4 Å². The number of Topliss-reactive ketones (excluding diaryl/α,β-unsaturated/α-hetero) is 1. The van der Waals surface area contributed by atoms with E-state index in [2.05, 4.69) is 6.58 Å². The Labute approximate surface area is 186 Å². The van der Waals surface area contributed by atoms with Gasteiger partial charge in [0.2, 0.25) is 5.78 Å². The summed E-state index contributed by atoms with van der Waals surface area (Å²) in [5, 5.41) is 10.9. The lowest BCUT2D eigenvalue weighted by Crippen LogP contribution is -2.55. The molecule has 0 aliphatic carbocycles. The number of furan rings is 1. The van der Waals surface area contributed by atoms with Crippen LogP contribution in [0.2, 0.25) is 0 Å². The number of hydrogen-bond acceptors (Lipinski definition) is 6. The van der Waals surface area contributed by atoms with E-state index in [1.165, 1.54) is 15.9 Å². The highest BCUT2D eigenvalue weighted by atomic mass is 16.3. The van der Waals surface area contributed by atoms with E-state index in [0.717, 1.165) is 0 Å². The monoisotopic (exact) mass is 435 g/mol. The molecule has 4 rings (SSSR count). The molecule has 1 N–H and O–H groups in total. The number of hydrogen-bond donors (Lipinski definition) is 1. The first-order valence-corrected chi connectivity index (χ1v) is 10.3.